The van der Waals surface area contributed by atoms with E-state index in [1.807, 2.05) is 45.9 Å². The lowest BCUT2D eigenvalue weighted by molar-refractivity contribution is -0.133. The van der Waals surface area contributed by atoms with Gasteiger partial charge in [0.1, 0.15) is 6.61 Å². The summed E-state index contributed by atoms with van der Waals surface area (Å²) >= 11 is 0. The van der Waals surface area contributed by atoms with Crippen LogP contribution in [0.1, 0.15) is 33.3 Å². The number of likely N-dealkylation sites (N-methyl/N-ethyl adjacent to an activating group) is 1. The first-order chi connectivity index (χ1) is 11.7. The van der Waals surface area contributed by atoms with Gasteiger partial charge in [0.15, 0.2) is 11.5 Å². The van der Waals surface area contributed by atoms with Crippen molar-refractivity contribution in [1.82, 2.24) is 10.2 Å². The van der Waals surface area contributed by atoms with Crippen molar-refractivity contribution in [3.63, 3.8) is 0 Å². The Morgan fingerprint density at radius 1 is 1.32 bits per heavy atom. The van der Waals surface area contributed by atoms with Crippen LogP contribution < -0.4 is 14.8 Å². The molecule has 136 valence electrons. The molecule has 6 nitrogen and oxygen atoms in total. The van der Waals surface area contributed by atoms with Gasteiger partial charge < -0.3 is 19.7 Å². The summed E-state index contributed by atoms with van der Waals surface area (Å²) in [6, 6.07) is 5.53. The smallest absolute Gasteiger partial charge is 0.253 e. The molecule has 2 amide bonds. The van der Waals surface area contributed by atoms with Crippen LogP contribution in [0.2, 0.25) is 0 Å². The predicted octanol–water partition coefficient (Wildman–Crippen LogP) is 2.23. The SMILES string of the molecule is CCN(CC(=O)NC(C)(C)C)C(=O)C1=Cc2cccc(OC)c2OC1. The van der Waals surface area contributed by atoms with Gasteiger partial charge in [0.25, 0.3) is 5.91 Å². The van der Waals surface area contributed by atoms with E-state index in [0.717, 1.165) is 5.56 Å². The Kier molecular flexibility index (Phi) is 5.72. The average molecular weight is 346 g/mol. The molecule has 0 atom stereocenters. The van der Waals surface area contributed by atoms with E-state index in [0.29, 0.717) is 23.6 Å². The maximum absolute atomic E-state index is 12.8. The van der Waals surface area contributed by atoms with Gasteiger partial charge in [-0.3, -0.25) is 9.59 Å². The quantitative estimate of drug-likeness (QED) is 0.888. The molecule has 25 heavy (non-hydrogen) atoms. The average Bonchev–Trinajstić information content (AvgIpc) is 2.56. The van der Waals surface area contributed by atoms with Crippen LogP contribution in [0.4, 0.5) is 0 Å². The molecule has 0 unspecified atom stereocenters. The lowest BCUT2D eigenvalue weighted by Gasteiger charge is -2.27. The molecule has 0 fully saturated rings. The number of nitrogens with zero attached hydrogens (tertiary/aromatic N) is 1. The number of carbonyl (C=O) groups is 2. The zero-order valence-corrected chi connectivity index (χ0v) is 15.5. The molecule has 0 saturated heterocycles. The minimum atomic E-state index is -0.331. The van der Waals surface area contributed by atoms with Gasteiger partial charge in [0, 0.05) is 17.6 Å². The number of methoxy groups -OCH3 is 1. The lowest BCUT2D eigenvalue weighted by Crippen LogP contribution is -2.47. The number of amides is 2. The zero-order chi connectivity index (χ0) is 18.6. The Bertz CT molecular complexity index is 689. The van der Waals surface area contributed by atoms with Gasteiger partial charge >= 0.3 is 0 Å². The summed E-state index contributed by atoms with van der Waals surface area (Å²) in [5.74, 6) is 0.898. The lowest BCUT2D eigenvalue weighted by atomic mass is 10.1. The van der Waals surface area contributed by atoms with E-state index in [1.165, 1.54) is 4.90 Å². The molecule has 1 aromatic rings. The van der Waals surface area contributed by atoms with Crippen molar-refractivity contribution in [2.45, 2.75) is 33.2 Å². The van der Waals surface area contributed by atoms with Crippen LogP contribution >= 0.6 is 0 Å². The van der Waals surface area contributed by atoms with Crippen molar-refractivity contribution in [3.8, 4) is 11.5 Å². The van der Waals surface area contributed by atoms with Gasteiger partial charge in [0.2, 0.25) is 5.91 Å². The molecule has 0 aliphatic carbocycles. The van der Waals surface area contributed by atoms with Crippen molar-refractivity contribution in [2.75, 3.05) is 26.8 Å². The molecule has 1 heterocycles. The zero-order valence-electron chi connectivity index (χ0n) is 15.5. The van der Waals surface area contributed by atoms with Gasteiger partial charge in [-0.2, -0.15) is 0 Å². The highest BCUT2D eigenvalue weighted by Crippen LogP contribution is 2.35. The van der Waals surface area contributed by atoms with E-state index in [9.17, 15) is 9.59 Å². The number of para-hydroxylation sites is 1. The topological polar surface area (TPSA) is 67.9 Å². The molecule has 0 aromatic heterocycles. The minimum absolute atomic E-state index is 0.0227. The normalized spacial score (nSPS) is 13.2. The van der Waals surface area contributed by atoms with E-state index in [2.05, 4.69) is 5.32 Å². The molecule has 0 spiro atoms. The van der Waals surface area contributed by atoms with Gasteiger partial charge in [0.05, 0.1) is 19.2 Å². The number of ether oxygens (including phenoxy) is 2. The molecular formula is C19H26N2O4. The summed E-state index contributed by atoms with van der Waals surface area (Å²) in [6.45, 7) is 8.20. The van der Waals surface area contributed by atoms with Crippen LogP contribution in [-0.2, 0) is 9.59 Å². The molecule has 1 aliphatic heterocycles. The van der Waals surface area contributed by atoms with Crippen LogP contribution in [0.5, 0.6) is 11.5 Å². The van der Waals surface area contributed by atoms with Gasteiger partial charge in [-0.15, -0.1) is 0 Å². The number of nitrogens with one attached hydrogen (secondary N) is 1. The second-order valence-electron chi connectivity index (χ2n) is 6.95. The molecule has 6 heteroatoms. The third-order valence-corrected chi connectivity index (χ3v) is 3.72. The first kappa shape index (κ1) is 18.8. The number of hydrogen-bond acceptors (Lipinski definition) is 4. The predicted molar refractivity (Wildman–Crippen MR) is 96.6 cm³/mol. The number of benzene rings is 1. The third kappa shape index (κ3) is 4.75. The van der Waals surface area contributed by atoms with E-state index in [1.54, 1.807) is 13.2 Å². The third-order valence-electron chi connectivity index (χ3n) is 3.72. The molecule has 0 bridgehead atoms. The Morgan fingerprint density at radius 2 is 2.04 bits per heavy atom. The van der Waals surface area contributed by atoms with Crippen molar-refractivity contribution < 1.29 is 19.1 Å². The van der Waals surface area contributed by atoms with Gasteiger partial charge in [-0.1, -0.05) is 12.1 Å². The van der Waals surface area contributed by atoms with E-state index >= 15 is 0 Å². The molecular weight excluding hydrogens is 320 g/mol. The van der Waals surface area contributed by atoms with E-state index < -0.39 is 0 Å². The molecule has 2 rings (SSSR count). The summed E-state index contributed by atoms with van der Waals surface area (Å²) in [5, 5.41) is 2.87. The van der Waals surface area contributed by atoms with Crippen LogP contribution in [0, 0.1) is 0 Å². The fraction of sp³-hybridized carbons (Fsp3) is 0.474. The van der Waals surface area contributed by atoms with Crippen molar-refractivity contribution in [1.29, 1.82) is 0 Å². The van der Waals surface area contributed by atoms with Crippen LogP contribution in [0.15, 0.2) is 23.8 Å². The summed E-state index contributed by atoms with van der Waals surface area (Å²) in [7, 11) is 1.58. The van der Waals surface area contributed by atoms with Crippen molar-refractivity contribution in [3.05, 3.63) is 29.3 Å². The fourth-order valence-corrected chi connectivity index (χ4v) is 2.63. The summed E-state index contributed by atoms with van der Waals surface area (Å²) in [4.78, 5) is 26.4. The minimum Gasteiger partial charge on any atom is -0.493 e. The van der Waals surface area contributed by atoms with E-state index in [-0.39, 0.29) is 30.5 Å². The fourth-order valence-electron chi connectivity index (χ4n) is 2.63. The first-order valence-electron chi connectivity index (χ1n) is 8.36. The number of hydrogen-bond donors (Lipinski definition) is 1. The summed E-state index contributed by atoms with van der Waals surface area (Å²) in [5.41, 5.74) is 0.984. The van der Waals surface area contributed by atoms with E-state index in [4.69, 9.17) is 9.47 Å². The molecule has 1 N–H and O–H groups in total. The second-order valence-corrected chi connectivity index (χ2v) is 6.95. The number of rotatable bonds is 5. The Balaban J connectivity index is 2.15. The monoisotopic (exact) mass is 346 g/mol. The maximum Gasteiger partial charge on any atom is 0.253 e. The number of carbonyl (C=O) groups excluding carboxylic acids is 2. The Hall–Kier alpha value is -2.50. The maximum atomic E-state index is 12.8. The highest BCUT2D eigenvalue weighted by Gasteiger charge is 2.25. The summed E-state index contributed by atoms with van der Waals surface area (Å²) < 4.78 is 11.0. The largest absolute Gasteiger partial charge is 0.493 e. The summed E-state index contributed by atoms with van der Waals surface area (Å²) in [6.07, 6.45) is 1.80. The molecule has 0 saturated carbocycles. The van der Waals surface area contributed by atoms with Gasteiger partial charge in [-0.05, 0) is 39.8 Å². The number of fused-ring (bicyclic) bond motifs is 1. The second kappa shape index (κ2) is 7.59. The highest BCUT2D eigenvalue weighted by molar-refractivity contribution is 6.00. The highest BCUT2D eigenvalue weighted by atomic mass is 16.5. The molecule has 1 aromatic carbocycles. The first-order valence-corrected chi connectivity index (χ1v) is 8.36. The van der Waals surface area contributed by atoms with Crippen LogP contribution in [0.25, 0.3) is 6.08 Å². The Labute approximate surface area is 148 Å². The standard InChI is InChI=1S/C19H26N2O4/c1-6-21(11-16(22)20-19(2,3)4)18(23)14-10-13-8-7-9-15(24-5)17(13)25-12-14/h7-10H,6,11-12H2,1-5H3,(H,20,22). The van der Waals surface area contributed by atoms with Crippen LogP contribution in [0.3, 0.4) is 0 Å². The van der Waals surface area contributed by atoms with Crippen molar-refractivity contribution >= 4 is 17.9 Å². The molecule has 1 aliphatic rings. The van der Waals surface area contributed by atoms with Crippen LogP contribution in [-0.4, -0.2) is 49.1 Å². The molecule has 0 radical (unpaired) electrons. The van der Waals surface area contributed by atoms with Gasteiger partial charge in [-0.25, -0.2) is 0 Å². The van der Waals surface area contributed by atoms with Crippen molar-refractivity contribution in [2.24, 2.45) is 0 Å². The Morgan fingerprint density at radius 3 is 2.64 bits per heavy atom.